The van der Waals surface area contributed by atoms with Crippen molar-refractivity contribution >= 4 is 11.9 Å². The summed E-state index contributed by atoms with van der Waals surface area (Å²) in [6, 6.07) is 0.289. The van der Waals surface area contributed by atoms with E-state index in [1.165, 1.54) is 0 Å². The molecule has 0 aliphatic carbocycles. The van der Waals surface area contributed by atoms with E-state index >= 15 is 0 Å². The van der Waals surface area contributed by atoms with Gasteiger partial charge in [-0.2, -0.15) is 15.0 Å². The van der Waals surface area contributed by atoms with Crippen LogP contribution in [0.25, 0.3) is 0 Å². The number of nitrogens with one attached hydrogen (secondary N) is 1. The molecule has 21 heavy (non-hydrogen) atoms. The summed E-state index contributed by atoms with van der Waals surface area (Å²) in [7, 11) is 1.73. The average Bonchev–Trinajstić information content (AvgIpc) is 2.47. The standard InChI is InChI=1S/C13H24N6O2/c1-9(2)21-13-16-11(18-14)15-12(17-13)19-6-4-5-10(7-19)8-20-3/h9-10H,4-8,14H2,1-3H3,(H,15,16,17,18). The van der Waals surface area contributed by atoms with Crippen LogP contribution in [-0.4, -0.2) is 47.9 Å². The Bertz CT molecular complexity index is 454. The van der Waals surface area contributed by atoms with Crippen molar-refractivity contribution < 1.29 is 9.47 Å². The molecule has 2 heterocycles. The first kappa shape index (κ1) is 15.7. The van der Waals surface area contributed by atoms with Gasteiger partial charge in [-0.25, -0.2) is 5.84 Å². The van der Waals surface area contributed by atoms with Crippen LogP contribution in [0.2, 0.25) is 0 Å². The fraction of sp³-hybridized carbons (Fsp3) is 0.769. The molecule has 118 valence electrons. The maximum atomic E-state index is 5.55. The second kappa shape index (κ2) is 7.37. The van der Waals surface area contributed by atoms with E-state index in [9.17, 15) is 0 Å². The van der Waals surface area contributed by atoms with Crippen LogP contribution >= 0.6 is 0 Å². The first-order valence-corrected chi connectivity index (χ1v) is 7.25. The first-order chi connectivity index (χ1) is 10.1. The Morgan fingerprint density at radius 1 is 1.38 bits per heavy atom. The number of hydrogen-bond donors (Lipinski definition) is 2. The minimum atomic E-state index is -0.00605. The van der Waals surface area contributed by atoms with E-state index in [-0.39, 0.29) is 12.1 Å². The predicted molar refractivity (Wildman–Crippen MR) is 80.2 cm³/mol. The van der Waals surface area contributed by atoms with Gasteiger partial charge >= 0.3 is 6.01 Å². The first-order valence-electron chi connectivity index (χ1n) is 7.25. The summed E-state index contributed by atoms with van der Waals surface area (Å²) in [6.45, 7) is 6.38. The van der Waals surface area contributed by atoms with Crippen LogP contribution in [-0.2, 0) is 4.74 Å². The van der Waals surface area contributed by atoms with Crippen LogP contribution in [0.1, 0.15) is 26.7 Å². The second-order valence-electron chi connectivity index (χ2n) is 5.46. The lowest BCUT2D eigenvalue weighted by molar-refractivity contribution is 0.143. The number of piperidine rings is 1. The molecule has 1 unspecified atom stereocenters. The van der Waals surface area contributed by atoms with E-state index in [1.54, 1.807) is 7.11 Å². The molecule has 3 N–H and O–H groups in total. The summed E-state index contributed by atoms with van der Waals surface area (Å²) in [5.74, 6) is 6.82. The molecule has 0 aromatic carbocycles. The van der Waals surface area contributed by atoms with E-state index in [0.717, 1.165) is 32.5 Å². The third kappa shape index (κ3) is 4.40. The van der Waals surface area contributed by atoms with E-state index in [2.05, 4.69) is 25.3 Å². The van der Waals surface area contributed by atoms with Crippen molar-refractivity contribution in [2.24, 2.45) is 11.8 Å². The lowest BCUT2D eigenvalue weighted by Crippen LogP contribution is -2.38. The highest BCUT2D eigenvalue weighted by Crippen LogP contribution is 2.22. The summed E-state index contributed by atoms with van der Waals surface area (Å²) in [4.78, 5) is 14.9. The van der Waals surface area contributed by atoms with E-state index in [4.69, 9.17) is 15.3 Å². The molecule has 1 aliphatic rings. The molecule has 1 atom stereocenters. The van der Waals surface area contributed by atoms with Gasteiger partial charge in [0.2, 0.25) is 11.9 Å². The van der Waals surface area contributed by atoms with Crippen molar-refractivity contribution in [3.05, 3.63) is 0 Å². The SMILES string of the molecule is COCC1CCCN(c2nc(NN)nc(OC(C)C)n2)C1. The van der Waals surface area contributed by atoms with Crippen molar-refractivity contribution in [1.29, 1.82) is 0 Å². The molecule has 0 amide bonds. The summed E-state index contributed by atoms with van der Waals surface area (Å²) in [5.41, 5.74) is 2.46. The van der Waals surface area contributed by atoms with Gasteiger partial charge in [0, 0.05) is 20.2 Å². The maximum Gasteiger partial charge on any atom is 0.323 e. The summed E-state index contributed by atoms with van der Waals surface area (Å²) < 4.78 is 10.8. The Morgan fingerprint density at radius 3 is 2.86 bits per heavy atom. The van der Waals surface area contributed by atoms with Crippen molar-refractivity contribution in [1.82, 2.24) is 15.0 Å². The van der Waals surface area contributed by atoms with Gasteiger partial charge in [-0.15, -0.1) is 0 Å². The Kier molecular flexibility index (Phi) is 5.51. The minimum Gasteiger partial charge on any atom is -0.461 e. The van der Waals surface area contributed by atoms with Gasteiger partial charge in [-0.1, -0.05) is 0 Å². The number of ether oxygens (including phenoxy) is 2. The topological polar surface area (TPSA) is 98.4 Å². The molecule has 8 nitrogen and oxygen atoms in total. The summed E-state index contributed by atoms with van der Waals surface area (Å²) in [6.07, 6.45) is 2.24. The van der Waals surface area contributed by atoms with E-state index in [0.29, 0.717) is 17.8 Å². The highest BCUT2D eigenvalue weighted by Gasteiger charge is 2.23. The Morgan fingerprint density at radius 2 is 2.19 bits per heavy atom. The lowest BCUT2D eigenvalue weighted by atomic mass is 9.99. The van der Waals surface area contributed by atoms with Crippen LogP contribution in [0, 0.1) is 5.92 Å². The number of rotatable bonds is 6. The fourth-order valence-corrected chi connectivity index (χ4v) is 2.43. The Hall–Kier alpha value is -1.67. The summed E-state index contributed by atoms with van der Waals surface area (Å²) in [5, 5.41) is 0. The van der Waals surface area contributed by atoms with Crippen molar-refractivity contribution in [2.75, 3.05) is 37.1 Å². The maximum absolute atomic E-state index is 5.55. The number of nitrogen functional groups attached to an aromatic ring is 1. The minimum absolute atomic E-state index is 0.00605. The Labute approximate surface area is 125 Å². The van der Waals surface area contributed by atoms with Gasteiger partial charge in [-0.3, -0.25) is 5.43 Å². The molecule has 1 aromatic rings. The third-order valence-electron chi connectivity index (χ3n) is 3.28. The van der Waals surface area contributed by atoms with Crippen molar-refractivity contribution in [3.63, 3.8) is 0 Å². The zero-order valence-electron chi connectivity index (χ0n) is 12.9. The number of methoxy groups -OCH3 is 1. The smallest absolute Gasteiger partial charge is 0.323 e. The second-order valence-corrected chi connectivity index (χ2v) is 5.46. The number of nitrogens with two attached hydrogens (primary N) is 1. The number of aromatic nitrogens is 3. The average molecular weight is 296 g/mol. The zero-order chi connectivity index (χ0) is 15.2. The molecule has 0 saturated carbocycles. The quantitative estimate of drug-likeness (QED) is 0.588. The molecule has 1 aromatic heterocycles. The monoisotopic (exact) mass is 296 g/mol. The van der Waals surface area contributed by atoms with Gasteiger partial charge < -0.3 is 14.4 Å². The highest BCUT2D eigenvalue weighted by molar-refractivity contribution is 5.38. The molecule has 8 heteroatoms. The predicted octanol–water partition coefficient (Wildman–Crippen LogP) is 0.807. The molecule has 0 radical (unpaired) electrons. The molecule has 1 fully saturated rings. The van der Waals surface area contributed by atoms with Crippen LogP contribution in [0.5, 0.6) is 6.01 Å². The van der Waals surface area contributed by atoms with Gasteiger partial charge in [-0.05, 0) is 32.6 Å². The number of nitrogens with zero attached hydrogens (tertiary/aromatic N) is 4. The van der Waals surface area contributed by atoms with E-state index < -0.39 is 0 Å². The van der Waals surface area contributed by atoms with Crippen LogP contribution in [0.3, 0.4) is 0 Å². The largest absolute Gasteiger partial charge is 0.461 e. The molecule has 0 bridgehead atoms. The van der Waals surface area contributed by atoms with Crippen molar-refractivity contribution in [2.45, 2.75) is 32.8 Å². The fourth-order valence-electron chi connectivity index (χ4n) is 2.43. The van der Waals surface area contributed by atoms with Crippen LogP contribution in [0.4, 0.5) is 11.9 Å². The molecule has 1 saturated heterocycles. The van der Waals surface area contributed by atoms with Gasteiger partial charge in [0.1, 0.15) is 0 Å². The Balaban J connectivity index is 2.17. The molecule has 0 spiro atoms. The molecular formula is C13H24N6O2. The molecule has 2 rings (SSSR count). The van der Waals surface area contributed by atoms with Crippen LogP contribution in [0.15, 0.2) is 0 Å². The van der Waals surface area contributed by atoms with Gasteiger partial charge in [0.25, 0.3) is 0 Å². The van der Waals surface area contributed by atoms with Gasteiger partial charge in [0.05, 0.1) is 12.7 Å². The van der Waals surface area contributed by atoms with Crippen LogP contribution < -0.4 is 20.9 Å². The van der Waals surface area contributed by atoms with E-state index in [1.807, 2.05) is 13.8 Å². The van der Waals surface area contributed by atoms with Crippen molar-refractivity contribution in [3.8, 4) is 6.01 Å². The zero-order valence-corrected chi connectivity index (χ0v) is 12.9. The molecule has 1 aliphatic heterocycles. The normalized spacial score (nSPS) is 18.9. The third-order valence-corrected chi connectivity index (χ3v) is 3.28. The lowest BCUT2D eigenvalue weighted by Gasteiger charge is -2.32. The number of hydrogen-bond acceptors (Lipinski definition) is 8. The summed E-state index contributed by atoms with van der Waals surface area (Å²) >= 11 is 0. The van der Waals surface area contributed by atoms with Gasteiger partial charge in [0.15, 0.2) is 0 Å². The number of anilines is 2. The number of hydrazine groups is 1. The highest BCUT2D eigenvalue weighted by atomic mass is 16.5. The molecular weight excluding hydrogens is 272 g/mol.